The van der Waals surface area contributed by atoms with E-state index in [1.165, 1.54) is 24.5 Å². The molecule has 8 heteroatoms. The molecule has 0 saturated heterocycles. The summed E-state index contributed by atoms with van der Waals surface area (Å²) in [6, 6.07) is 2.02. The second-order valence-corrected chi connectivity index (χ2v) is 4.45. The lowest BCUT2D eigenvalue weighted by molar-refractivity contribution is 0.0526. The molecule has 0 aromatic carbocycles. The average Bonchev–Trinajstić information content (AvgIpc) is 2.57. The van der Waals surface area contributed by atoms with E-state index in [1.807, 2.05) is 0 Å². The molecule has 0 unspecified atom stereocenters. The van der Waals surface area contributed by atoms with Crippen molar-refractivity contribution in [3.05, 3.63) is 71.8 Å². The SMILES string of the molecule is O=C(OCC=CCOC(=O)c1cncc(F)c1)c1cncc(F)c1. The number of carbonyl (C=O) groups excluding carboxylic acids is 2. The van der Waals surface area contributed by atoms with Gasteiger partial charge >= 0.3 is 11.9 Å². The maximum atomic E-state index is 12.9. The fourth-order valence-corrected chi connectivity index (χ4v) is 1.60. The van der Waals surface area contributed by atoms with Crippen molar-refractivity contribution in [3.63, 3.8) is 0 Å². The van der Waals surface area contributed by atoms with E-state index in [-0.39, 0.29) is 24.3 Å². The number of esters is 2. The van der Waals surface area contributed by atoms with E-state index in [2.05, 4.69) is 9.97 Å². The highest BCUT2D eigenvalue weighted by atomic mass is 19.1. The Balaban J connectivity index is 1.71. The van der Waals surface area contributed by atoms with Crippen molar-refractivity contribution in [2.45, 2.75) is 0 Å². The number of carbonyl (C=O) groups is 2. The van der Waals surface area contributed by atoms with E-state index < -0.39 is 23.6 Å². The smallest absolute Gasteiger partial charge is 0.340 e. The van der Waals surface area contributed by atoms with Gasteiger partial charge in [-0.1, -0.05) is 0 Å². The number of halogens is 2. The van der Waals surface area contributed by atoms with Gasteiger partial charge in [0.25, 0.3) is 0 Å². The Labute approximate surface area is 135 Å². The van der Waals surface area contributed by atoms with Gasteiger partial charge in [0, 0.05) is 12.4 Å². The van der Waals surface area contributed by atoms with Crippen molar-refractivity contribution in [1.29, 1.82) is 0 Å². The van der Waals surface area contributed by atoms with Crippen LogP contribution in [0.4, 0.5) is 8.78 Å². The highest BCUT2D eigenvalue weighted by Gasteiger charge is 2.08. The van der Waals surface area contributed by atoms with E-state index in [9.17, 15) is 18.4 Å². The minimum Gasteiger partial charge on any atom is -0.458 e. The molecule has 0 N–H and O–H groups in total. The van der Waals surface area contributed by atoms with E-state index in [0.29, 0.717) is 0 Å². The van der Waals surface area contributed by atoms with Gasteiger partial charge in [0.2, 0.25) is 0 Å². The molecule has 2 heterocycles. The maximum absolute atomic E-state index is 12.9. The van der Waals surface area contributed by atoms with Crippen LogP contribution in [0.25, 0.3) is 0 Å². The number of aromatic nitrogens is 2. The van der Waals surface area contributed by atoms with Crippen LogP contribution in [0, 0.1) is 11.6 Å². The molecule has 0 fully saturated rings. The molecular formula is C16H12F2N2O4. The first-order valence-corrected chi connectivity index (χ1v) is 6.76. The predicted molar refractivity (Wildman–Crippen MR) is 78.1 cm³/mol. The number of hydrogen-bond donors (Lipinski definition) is 0. The Bertz CT molecular complexity index is 702. The fraction of sp³-hybridized carbons (Fsp3) is 0.125. The molecule has 124 valence electrons. The van der Waals surface area contributed by atoms with Gasteiger partial charge < -0.3 is 9.47 Å². The number of ether oxygens (including phenoxy) is 2. The van der Waals surface area contributed by atoms with Gasteiger partial charge in [-0.2, -0.15) is 0 Å². The van der Waals surface area contributed by atoms with Crippen molar-refractivity contribution >= 4 is 11.9 Å². The van der Waals surface area contributed by atoms with Crippen molar-refractivity contribution in [2.24, 2.45) is 0 Å². The topological polar surface area (TPSA) is 78.4 Å². The van der Waals surface area contributed by atoms with Crippen LogP contribution in [0.15, 0.2) is 49.1 Å². The van der Waals surface area contributed by atoms with Crippen LogP contribution in [0.5, 0.6) is 0 Å². The van der Waals surface area contributed by atoms with Gasteiger partial charge in [-0.05, 0) is 24.3 Å². The van der Waals surface area contributed by atoms with Crippen LogP contribution < -0.4 is 0 Å². The van der Waals surface area contributed by atoms with Crippen LogP contribution >= 0.6 is 0 Å². The van der Waals surface area contributed by atoms with Crippen molar-refractivity contribution < 1.29 is 27.8 Å². The third-order valence-corrected chi connectivity index (χ3v) is 2.67. The first-order valence-electron chi connectivity index (χ1n) is 6.76. The minimum atomic E-state index is -0.727. The van der Waals surface area contributed by atoms with Crippen molar-refractivity contribution in [3.8, 4) is 0 Å². The third-order valence-electron chi connectivity index (χ3n) is 2.67. The van der Waals surface area contributed by atoms with Crippen LogP contribution in [-0.2, 0) is 9.47 Å². The second kappa shape index (κ2) is 8.47. The number of hydrogen-bond acceptors (Lipinski definition) is 6. The molecule has 0 amide bonds. The molecule has 0 atom stereocenters. The number of rotatable bonds is 6. The average molecular weight is 334 g/mol. The van der Waals surface area contributed by atoms with Gasteiger partial charge in [-0.15, -0.1) is 0 Å². The Morgan fingerprint density at radius 3 is 1.62 bits per heavy atom. The summed E-state index contributed by atoms with van der Waals surface area (Å²) >= 11 is 0. The molecular weight excluding hydrogens is 322 g/mol. The summed E-state index contributed by atoms with van der Waals surface area (Å²) in [6.07, 6.45) is 7.20. The zero-order valence-corrected chi connectivity index (χ0v) is 12.3. The van der Waals surface area contributed by atoms with E-state index >= 15 is 0 Å². The first kappa shape index (κ1) is 17.2. The van der Waals surface area contributed by atoms with Crippen LogP contribution in [0.2, 0.25) is 0 Å². The molecule has 0 aliphatic rings. The summed E-state index contributed by atoms with van der Waals surface area (Å²) in [6.45, 7) is -0.178. The monoisotopic (exact) mass is 334 g/mol. The number of pyridine rings is 2. The second-order valence-electron chi connectivity index (χ2n) is 4.45. The van der Waals surface area contributed by atoms with Crippen molar-refractivity contribution in [2.75, 3.05) is 13.2 Å². The summed E-state index contributed by atoms with van der Waals surface area (Å²) in [7, 11) is 0. The predicted octanol–water partition coefficient (Wildman–Crippen LogP) is 2.32. The summed E-state index contributed by atoms with van der Waals surface area (Å²) in [5.41, 5.74) is -0.0122. The van der Waals surface area contributed by atoms with Gasteiger partial charge in [0.1, 0.15) is 24.8 Å². The molecule has 24 heavy (non-hydrogen) atoms. The summed E-state index contributed by atoms with van der Waals surface area (Å²) < 4.78 is 35.5. The van der Waals surface area contributed by atoms with Gasteiger partial charge in [0.15, 0.2) is 0 Å². The molecule has 2 aromatic rings. The van der Waals surface area contributed by atoms with Crippen LogP contribution in [0.3, 0.4) is 0 Å². The Morgan fingerprint density at radius 1 is 0.833 bits per heavy atom. The molecule has 2 rings (SSSR count). The summed E-state index contributed by atoms with van der Waals surface area (Å²) in [5, 5.41) is 0. The Kier molecular flexibility index (Phi) is 6.07. The minimum absolute atomic E-state index is 0.00608. The van der Waals surface area contributed by atoms with Gasteiger partial charge in [-0.25, -0.2) is 18.4 Å². The quantitative estimate of drug-likeness (QED) is 0.596. The lowest BCUT2D eigenvalue weighted by Gasteiger charge is -2.02. The molecule has 0 saturated carbocycles. The number of nitrogens with zero attached hydrogens (tertiary/aromatic N) is 2. The van der Waals surface area contributed by atoms with E-state index in [4.69, 9.17) is 9.47 Å². The zero-order valence-electron chi connectivity index (χ0n) is 12.3. The molecule has 0 radical (unpaired) electrons. The highest BCUT2D eigenvalue weighted by Crippen LogP contribution is 2.04. The normalized spacial score (nSPS) is 10.6. The summed E-state index contributed by atoms with van der Waals surface area (Å²) in [5.74, 6) is -2.73. The largest absolute Gasteiger partial charge is 0.458 e. The first-order chi connectivity index (χ1) is 11.6. The molecule has 2 aromatic heterocycles. The van der Waals surface area contributed by atoms with E-state index in [1.54, 1.807) is 0 Å². The Morgan fingerprint density at radius 2 is 1.25 bits per heavy atom. The lowest BCUT2D eigenvalue weighted by atomic mass is 10.3. The zero-order chi connectivity index (χ0) is 17.4. The Hall–Kier alpha value is -3.16. The fourth-order valence-electron chi connectivity index (χ4n) is 1.60. The van der Waals surface area contributed by atoms with Crippen LogP contribution in [-0.4, -0.2) is 35.1 Å². The molecule has 0 spiro atoms. The standard InChI is InChI=1S/C16H12F2N2O4/c17-13-5-11(7-19-9-13)15(21)23-3-1-2-4-24-16(22)12-6-14(18)10-20-8-12/h1-2,5-10H,3-4H2. The lowest BCUT2D eigenvalue weighted by Crippen LogP contribution is -2.07. The maximum Gasteiger partial charge on any atom is 0.340 e. The van der Waals surface area contributed by atoms with Crippen LogP contribution in [0.1, 0.15) is 20.7 Å². The third kappa shape index (κ3) is 5.24. The molecule has 0 bridgehead atoms. The van der Waals surface area contributed by atoms with E-state index in [0.717, 1.165) is 24.5 Å². The van der Waals surface area contributed by atoms with Crippen molar-refractivity contribution in [1.82, 2.24) is 9.97 Å². The molecule has 0 aliphatic heterocycles. The van der Waals surface area contributed by atoms with Gasteiger partial charge in [0.05, 0.1) is 23.5 Å². The molecule has 6 nitrogen and oxygen atoms in total. The summed E-state index contributed by atoms with van der Waals surface area (Å²) in [4.78, 5) is 30.2. The van der Waals surface area contributed by atoms with Gasteiger partial charge in [-0.3, -0.25) is 9.97 Å². The molecule has 0 aliphatic carbocycles. The highest BCUT2D eigenvalue weighted by molar-refractivity contribution is 5.89.